The van der Waals surface area contributed by atoms with Gasteiger partial charge in [-0.15, -0.1) is 0 Å². The lowest BCUT2D eigenvalue weighted by atomic mass is 10.2. The summed E-state index contributed by atoms with van der Waals surface area (Å²) in [5.41, 5.74) is 3.16. The summed E-state index contributed by atoms with van der Waals surface area (Å²) in [6.07, 6.45) is 5.62. The molecule has 0 saturated carbocycles. The zero-order valence-electron chi connectivity index (χ0n) is 16.0. The summed E-state index contributed by atoms with van der Waals surface area (Å²) in [6.45, 7) is 3.33. The smallest absolute Gasteiger partial charge is 0.249 e. The largest absolute Gasteiger partial charge is 0.368 e. The number of rotatable bonds is 6. The van der Waals surface area contributed by atoms with Crippen LogP contribution in [0, 0.1) is 0 Å². The predicted molar refractivity (Wildman–Crippen MR) is 111 cm³/mol. The summed E-state index contributed by atoms with van der Waals surface area (Å²) in [5.74, 6) is 0.800. The molecule has 5 nitrogen and oxygen atoms in total. The van der Waals surface area contributed by atoms with E-state index in [1.54, 1.807) is 0 Å². The highest BCUT2D eigenvalue weighted by Gasteiger charge is 2.26. The number of para-hydroxylation sites is 2. The van der Waals surface area contributed by atoms with Crippen LogP contribution in [0.4, 0.5) is 0 Å². The van der Waals surface area contributed by atoms with Gasteiger partial charge in [-0.05, 0) is 37.5 Å². The third-order valence-corrected chi connectivity index (χ3v) is 5.05. The quantitative estimate of drug-likeness (QED) is 0.705. The number of benzene rings is 2. The number of fused-ring (bicyclic) bond motifs is 1. The monoisotopic (exact) mass is 375 g/mol. The number of aromatic nitrogens is 2. The maximum Gasteiger partial charge on any atom is 0.249 e. The second-order valence-electron chi connectivity index (χ2n) is 7.11. The Kier molecular flexibility index (Phi) is 5.53. The van der Waals surface area contributed by atoms with Crippen LogP contribution in [0.3, 0.4) is 0 Å². The Morgan fingerprint density at radius 3 is 2.82 bits per heavy atom. The number of allylic oxidation sites excluding steroid dienone is 1. The standard InChI is InChI=1S/C23H25N3O2/c1-17(24-23(27)21-14-8-16-28-21)22-25-19-12-5-6-13-20(19)26(22)15-7-11-18-9-3-2-4-10-18/h2-7,9-13,17,21H,8,14-16H2,1H3,(H,24,27)/b11-7+. The van der Waals surface area contributed by atoms with Crippen LogP contribution in [0.15, 0.2) is 60.7 Å². The Morgan fingerprint density at radius 1 is 1.25 bits per heavy atom. The zero-order valence-corrected chi connectivity index (χ0v) is 16.0. The Morgan fingerprint density at radius 2 is 2.04 bits per heavy atom. The van der Waals surface area contributed by atoms with Crippen molar-refractivity contribution in [2.24, 2.45) is 0 Å². The molecule has 0 spiro atoms. The molecule has 4 rings (SSSR count). The van der Waals surface area contributed by atoms with Gasteiger partial charge in [-0.25, -0.2) is 4.98 Å². The number of nitrogens with zero attached hydrogens (tertiary/aromatic N) is 2. The molecule has 1 N–H and O–H groups in total. The highest BCUT2D eigenvalue weighted by molar-refractivity contribution is 5.81. The van der Waals surface area contributed by atoms with Crippen LogP contribution in [0.1, 0.15) is 37.2 Å². The summed E-state index contributed by atoms with van der Waals surface area (Å²) >= 11 is 0. The molecule has 144 valence electrons. The average Bonchev–Trinajstić information content (AvgIpc) is 3.37. The van der Waals surface area contributed by atoms with Gasteiger partial charge < -0.3 is 14.6 Å². The minimum absolute atomic E-state index is 0.0524. The first-order valence-corrected chi connectivity index (χ1v) is 9.81. The predicted octanol–water partition coefficient (Wildman–Crippen LogP) is 4.11. The van der Waals surface area contributed by atoms with Crippen molar-refractivity contribution in [1.82, 2.24) is 14.9 Å². The Bertz CT molecular complexity index is 972. The first-order valence-electron chi connectivity index (χ1n) is 9.81. The van der Waals surface area contributed by atoms with Gasteiger partial charge in [0.1, 0.15) is 11.9 Å². The third-order valence-electron chi connectivity index (χ3n) is 5.05. The summed E-state index contributed by atoms with van der Waals surface area (Å²) in [4.78, 5) is 17.3. The van der Waals surface area contributed by atoms with Crippen LogP contribution < -0.4 is 5.32 Å². The number of hydrogen-bond acceptors (Lipinski definition) is 3. The van der Waals surface area contributed by atoms with Crippen LogP contribution in [0.2, 0.25) is 0 Å². The number of hydrogen-bond donors (Lipinski definition) is 1. The molecule has 3 aromatic rings. The summed E-state index contributed by atoms with van der Waals surface area (Å²) in [6, 6.07) is 18.1. The summed E-state index contributed by atoms with van der Waals surface area (Å²) in [5, 5.41) is 3.08. The fourth-order valence-electron chi connectivity index (χ4n) is 3.63. The third kappa shape index (κ3) is 3.99. The molecule has 28 heavy (non-hydrogen) atoms. The van der Waals surface area contributed by atoms with E-state index in [0.29, 0.717) is 13.2 Å². The van der Waals surface area contributed by atoms with E-state index in [-0.39, 0.29) is 18.1 Å². The number of ether oxygens (including phenoxy) is 1. The molecule has 2 unspecified atom stereocenters. The Balaban J connectivity index is 1.57. The second kappa shape index (κ2) is 8.40. The van der Waals surface area contributed by atoms with Crippen LogP contribution in [-0.2, 0) is 16.1 Å². The summed E-state index contributed by atoms with van der Waals surface area (Å²) < 4.78 is 7.67. The van der Waals surface area contributed by atoms with Gasteiger partial charge in [0.25, 0.3) is 0 Å². The van der Waals surface area contributed by atoms with Gasteiger partial charge in [-0.3, -0.25) is 4.79 Å². The van der Waals surface area contributed by atoms with E-state index in [1.807, 2.05) is 43.3 Å². The van der Waals surface area contributed by atoms with Crippen molar-refractivity contribution in [1.29, 1.82) is 0 Å². The van der Waals surface area contributed by atoms with Gasteiger partial charge in [0.05, 0.1) is 17.1 Å². The molecule has 0 radical (unpaired) electrons. The van der Waals surface area contributed by atoms with Gasteiger partial charge in [0.2, 0.25) is 5.91 Å². The van der Waals surface area contributed by atoms with Crippen molar-refractivity contribution in [2.45, 2.75) is 38.5 Å². The van der Waals surface area contributed by atoms with E-state index in [1.165, 1.54) is 0 Å². The fraction of sp³-hybridized carbons (Fsp3) is 0.304. The molecule has 5 heteroatoms. The van der Waals surface area contributed by atoms with E-state index in [9.17, 15) is 4.79 Å². The van der Waals surface area contributed by atoms with Gasteiger partial charge in [-0.2, -0.15) is 0 Å². The Labute approximate surface area is 165 Å². The second-order valence-corrected chi connectivity index (χ2v) is 7.11. The van der Waals surface area contributed by atoms with Gasteiger partial charge in [0.15, 0.2) is 0 Å². The lowest BCUT2D eigenvalue weighted by molar-refractivity contribution is -0.130. The fourth-order valence-corrected chi connectivity index (χ4v) is 3.63. The topological polar surface area (TPSA) is 56.1 Å². The molecule has 0 bridgehead atoms. The maximum atomic E-state index is 12.5. The van der Waals surface area contributed by atoms with E-state index in [2.05, 4.69) is 40.2 Å². The van der Waals surface area contributed by atoms with Gasteiger partial charge in [0, 0.05) is 13.2 Å². The minimum Gasteiger partial charge on any atom is -0.368 e. The highest BCUT2D eigenvalue weighted by Crippen LogP contribution is 2.22. The number of nitrogens with one attached hydrogen (secondary N) is 1. The molecular formula is C23H25N3O2. The van der Waals surface area contributed by atoms with Crippen molar-refractivity contribution in [3.63, 3.8) is 0 Å². The number of carbonyl (C=O) groups is 1. The molecule has 2 atom stereocenters. The molecule has 1 fully saturated rings. The van der Waals surface area contributed by atoms with E-state index >= 15 is 0 Å². The van der Waals surface area contributed by atoms with Gasteiger partial charge >= 0.3 is 0 Å². The van der Waals surface area contributed by atoms with Crippen molar-refractivity contribution >= 4 is 23.0 Å². The molecule has 1 amide bonds. The van der Waals surface area contributed by atoms with E-state index < -0.39 is 0 Å². The molecule has 1 aliphatic rings. The average molecular weight is 375 g/mol. The number of amides is 1. The lowest BCUT2D eigenvalue weighted by Gasteiger charge is -2.17. The SMILES string of the molecule is CC(NC(=O)C1CCCO1)c1nc2ccccc2n1C/C=C/c1ccccc1. The molecule has 1 aromatic heterocycles. The van der Waals surface area contributed by atoms with E-state index in [0.717, 1.165) is 35.3 Å². The Hall–Kier alpha value is -2.92. The summed E-state index contributed by atoms with van der Waals surface area (Å²) in [7, 11) is 0. The van der Waals surface area contributed by atoms with Crippen LogP contribution in [0.5, 0.6) is 0 Å². The van der Waals surface area contributed by atoms with Gasteiger partial charge in [-0.1, -0.05) is 54.6 Å². The minimum atomic E-state index is -0.335. The molecule has 0 aliphatic carbocycles. The van der Waals surface area contributed by atoms with Crippen molar-refractivity contribution in [2.75, 3.05) is 6.61 Å². The molecule has 1 saturated heterocycles. The molecule has 2 heterocycles. The highest BCUT2D eigenvalue weighted by atomic mass is 16.5. The van der Waals surface area contributed by atoms with Crippen LogP contribution in [-0.4, -0.2) is 28.2 Å². The first kappa shape index (κ1) is 18.4. The van der Waals surface area contributed by atoms with Crippen molar-refractivity contribution < 1.29 is 9.53 Å². The first-order chi connectivity index (χ1) is 13.7. The molecular weight excluding hydrogens is 350 g/mol. The van der Waals surface area contributed by atoms with Crippen LogP contribution >= 0.6 is 0 Å². The van der Waals surface area contributed by atoms with Crippen molar-refractivity contribution in [3.05, 3.63) is 72.1 Å². The zero-order chi connectivity index (χ0) is 19.3. The normalized spacial score (nSPS) is 18.0. The number of imidazole rings is 1. The van der Waals surface area contributed by atoms with Crippen LogP contribution in [0.25, 0.3) is 17.1 Å². The lowest BCUT2D eigenvalue weighted by Crippen LogP contribution is -2.36. The molecule has 1 aliphatic heterocycles. The van der Waals surface area contributed by atoms with Crippen molar-refractivity contribution in [3.8, 4) is 0 Å². The maximum absolute atomic E-state index is 12.5. The van der Waals surface area contributed by atoms with E-state index in [4.69, 9.17) is 9.72 Å². The molecule has 2 aromatic carbocycles. The number of carbonyl (C=O) groups excluding carboxylic acids is 1.